The molecule has 188 valence electrons. The molecule has 1 aromatic carbocycles. The average molecular weight is 490 g/mol. The highest BCUT2D eigenvalue weighted by molar-refractivity contribution is 5.77. The van der Waals surface area contributed by atoms with Gasteiger partial charge in [-0.1, -0.05) is 12.1 Å². The molecular formula is C24H30F3N7O. The van der Waals surface area contributed by atoms with Crippen molar-refractivity contribution >= 4 is 17.2 Å². The van der Waals surface area contributed by atoms with Crippen LogP contribution in [0.25, 0.3) is 17.0 Å². The lowest BCUT2D eigenvalue weighted by Crippen LogP contribution is -2.33. The Morgan fingerprint density at radius 2 is 1.89 bits per heavy atom. The summed E-state index contributed by atoms with van der Waals surface area (Å²) in [6.07, 6.45) is 0.411. The fraction of sp³-hybridized carbons (Fsp3) is 0.542. The van der Waals surface area contributed by atoms with Gasteiger partial charge in [0.15, 0.2) is 17.3 Å². The molecule has 1 fully saturated rings. The van der Waals surface area contributed by atoms with Crippen LogP contribution in [0.2, 0.25) is 0 Å². The number of fused-ring (bicyclic) bond motifs is 3. The molecule has 0 saturated carbocycles. The van der Waals surface area contributed by atoms with Gasteiger partial charge in [0.25, 0.3) is 0 Å². The number of benzene rings is 1. The van der Waals surface area contributed by atoms with Gasteiger partial charge in [0.05, 0.1) is 5.69 Å². The summed E-state index contributed by atoms with van der Waals surface area (Å²) in [5, 5.41) is 17.2. The van der Waals surface area contributed by atoms with E-state index in [1.165, 1.54) is 18.2 Å². The van der Waals surface area contributed by atoms with Gasteiger partial charge in [0.1, 0.15) is 5.75 Å². The molecule has 2 aromatic heterocycles. The Bertz CT molecular complexity index is 1190. The van der Waals surface area contributed by atoms with E-state index in [9.17, 15) is 13.2 Å². The van der Waals surface area contributed by atoms with E-state index < -0.39 is 6.36 Å². The molecule has 35 heavy (non-hydrogen) atoms. The maximum atomic E-state index is 12.8. The van der Waals surface area contributed by atoms with Gasteiger partial charge in [0, 0.05) is 31.3 Å². The number of nitrogens with one attached hydrogen (secondary N) is 1. The van der Waals surface area contributed by atoms with Crippen LogP contribution in [0.5, 0.6) is 5.75 Å². The first-order valence-corrected chi connectivity index (χ1v) is 12.1. The van der Waals surface area contributed by atoms with Gasteiger partial charge in [-0.25, -0.2) is 0 Å². The van der Waals surface area contributed by atoms with Crippen molar-refractivity contribution < 1.29 is 17.9 Å². The number of aromatic nitrogens is 4. The maximum Gasteiger partial charge on any atom is 0.573 e. The van der Waals surface area contributed by atoms with Gasteiger partial charge >= 0.3 is 6.36 Å². The fourth-order valence-corrected chi connectivity index (χ4v) is 5.00. The Hall–Kier alpha value is -3.08. The molecule has 3 aromatic rings. The number of nitrogens with zero attached hydrogens (tertiary/aromatic N) is 6. The normalized spacial score (nSPS) is 17.9. The molecule has 4 heterocycles. The summed E-state index contributed by atoms with van der Waals surface area (Å²) >= 11 is 0. The largest absolute Gasteiger partial charge is 0.573 e. The topological polar surface area (TPSA) is 70.8 Å². The van der Waals surface area contributed by atoms with Crippen LogP contribution < -0.4 is 15.0 Å². The first kappa shape index (κ1) is 23.7. The molecular weight excluding hydrogens is 459 g/mol. The second-order valence-corrected chi connectivity index (χ2v) is 9.52. The Labute approximate surface area is 202 Å². The second-order valence-electron chi connectivity index (χ2n) is 9.52. The maximum absolute atomic E-state index is 12.8. The number of hydrogen-bond acceptors (Lipinski definition) is 7. The van der Waals surface area contributed by atoms with Crippen molar-refractivity contribution in [2.75, 3.05) is 50.5 Å². The number of alkyl halides is 3. The molecule has 1 saturated heterocycles. The van der Waals surface area contributed by atoms with Gasteiger partial charge in [-0.05, 0) is 70.3 Å². The van der Waals surface area contributed by atoms with E-state index in [1.54, 1.807) is 10.6 Å². The van der Waals surface area contributed by atoms with E-state index in [0.717, 1.165) is 75.4 Å². The lowest BCUT2D eigenvalue weighted by molar-refractivity contribution is -0.274. The highest BCUT2D eigenvalue weighted by Crippen LogP contribution is 2.36. The number of aryl methyl sites for hydroxylation is 1. The van der Waals surface area contributed by atoms with Crippen LogP contribution in [0.15, 0.2) is 24.3 Å². The van der Waals surface area contributed by atoms with Crippen LogP contribution in [0.4, 0.5) is 24.7 Å². The van der Waals surface area contributed by atoms with Gasteiger partial charge in [-0.2, -0.15) is 4.52 Å². The minimum absolute atomic E-state index is 0.304. The highest BCUT2D eigenvalue weighted by atomic mass is 19.4. The SMILES string of the molecule is CN1CCC(CNc2nn3c(-c4cccc(OC(F)(F)F)c4)nnc3c3c2N(C)CCCC3)CC1. The summed E-state index contributed by atoms with van der Waals surface area (Å²) in [5.74, 6) is 1.40. The van der Waals surface area contributed by atoms with Crippen molar-refractivity contribution in [1.29, 1.82) is 0 Å². The molecule has 11 heteroatoms. The lowest BCUT2D eigenvalue weighted by atomic mass is 9.97. The van der Waals surface area contributed by atoms with E-state index in [1.807, 2.05) is 0 Å². The zero-order chi connectivity index (χ0) is 24.6. The summed E-state index contributed by atoms with van der Waals surface area (Å²) in [6.45, 7) is 3.91. The standard InChI is InChI=1S/C24H30F3N7O/c1-32-12-9-16(10-13-32)15-28-21-20-19(8-3-4-11-33(20)2)23-30-29-22(34(23)31-21)17-6-5-7-18(14-17)35-24(25,26)27/h5-7,14,16H,3-4,8-13,15H2,1-2H3,(H,28,31). The summed E-state index contributed by atoms with van der Waals surface area (Å²) in [5.41, 5.74) is 3.19. The smallest absolute Gasteiger partial charge is 0.406 e. The molecule has 0 spiro atoms. The minimum atomic E-state index is -4.77. The molecule has 2 aliphatic heterocycles. The molecule has 5 rings (SSSR count). The molecule has 0 radical (unpaired) electrons. The van der Waals surface area contributed by atoms with Crippen molar-refractivity contribution in [3.63, 3.8) is 0 Å². The molecule has 0 aliphatic carbocycles. The Morgan fingerprint density at radius 1 is 1.09 bits per heavy atom. The number of rotatable bonds is 5. The Balaban J connectivity index is 1.54. The van der Waals surface area contributed by atoms with E-state index in [0.29, 0.717) is 23.0 Å². The molecule has 1 N–H and O–H groups in total. The molecule has 2 aliphatic rings. The monoisotopic (exact) mass is 489 g/mol. The number of ether oxygens (including phenoxy) is 1. The average Bonchev–Trinajstić information content (AvgIpc) is 3.14. The van der Waals surface area contributed by atoms with Crippen molar-refractivity contribution in [2.45, 2.75) is 38.5 Å². The number of anilines is 2. The third-order valence-electron chi connectivity index (χ3n) is 6.89. The van der Waals surface area contributed by atoms with E-state index in [4.69, 9.17) is 5.10 Å². The molecule has 0 atom stereocenters. The van der Waals surface area contributed by atoms with Crippen molar-refractivity contribution in [3.05, 3.63) is 29.8 Å². The number of halogens is 3. The summed E-state index contributed by atoms with van der Waals surface area (Å²) in [4.78, 5) is 4.57. The first-order chi connectivity index (χ1) is 16.8. The van der Waals surface area contributed by atoms with E-state index in [-0.39, 0.29) is 5.75 Å². The third kappa shape index (κ3) is 5.14. The van der Waals surface area contributed by atoms with Crippen LogP contribution >= 0.6 is 0 Å². The van der Waals surface area contributed by atoms with Crippen LogP contribution in [0, 0.1) is 5.92 Å². The van der Waals surface area contributed by atoms with Crippen molar-refractivity contribution in [1.82, 2.24) is 24.7 Å². The third-order valence-corrected chi connectivity index (χ3v) is 6.89. The zero-order valence-corrected chi connectivity index (χ0v) is 20.0. The van der Waals surface area contributed by atoms with Crippen LogP contribution in [-0.4, -0.2) is 71.3 Å². The minimum Gasteiger partial charge on any atom is -0.406 e. The van der Waals surface area contributed by atoms with Crippen molar-refractivity contribution in [3.8, 4) is 17.1 Å². The van der Waals surface area contributed by atoms with Crippen LogP contribution in [0.3, 0.4) is 0 Å². The van der Waals surface area contributed by atoms with Gasteiger partial charge in [-0.15, -0.1) is 28.5 Å². The van der Waals surface area contributed by atoms with E-state index >= 15 is 0 Å². The van der Waals surface area contributed by atoms with Gasteiger partial charge in [-0.3, -0.25) is 0 Å². The summed E-state index contributed by atoms with van der Waals surface area (Å²) in [7, 11) is 4.22. The number of likely N-dealkylation sites (tertiary alicyclic amines) is 1. The van der Waals surface area contributed by atoms with Crippen molar-refractivity contribution in [2.24, 2.45) is 5.92 Å². The first-order valence-electron chi connectivity index (χ1n) is 12.1. The summed E-state index contributed by atoms with van der Waals surface area (Å²) in [6, 6.07) is 5.77. The number of piperidine rings is 1. The molecule has 0 unspecified atom stereocenters. The predicted octanol–water partition coefficient (Wildman–Crippen LogP) is 4.22. The highest BCUT2D eigenvalue weighted by Gasteiger charge is 2.31. The molecule has 8 nitrogen and oxygen atoms in total. The number of hydrogen-bond donors (Lipinski definition) is 1. The zero-order valence-electron chi connectivity index (χ0n) is 20.0. The predicted molar refractivity (Wildman–Crippen MR) is 128 cm³/mol. The molecule has 0 amide bonds. The lowest BCUT2D eigenvalue weighted by Gasteiger charge is -2.30. The van der Waals surface area contributed by atoms with Crippen LogP contribution in [-0.2, 0) is 6.42 Å². The second kappa shape index (κ2) is 9.52. The van der Waals surface area contributed by atoms with Crippen LogP contribution in [0.1, 0.15) is 31.2 Å². The Morgan fingerprint density at radius 3 is 2.66 bits per heavy atom. The Kier molecular flexibility index (Phi) is 6.43. The molecule has 0 bridgehead atoms. The quantitative estimate of drug-likeness (QED) is 0.576. The van der Waals surface area contributed by atoms with Gasteiger partial charge in [0.2, 0.25) is 0 Å². The van der Waals surface area contributed by atoms with E-state index in [2.05, 4.69) is 44.1 Å². The van der Waals surface area contributed by atoms with Gasteiger partial charge < -0.3 is 19.9 Å². The summed E-state index contributed by atoms with van der Waals surface area (Å²) < 4.78 is 44.0. The fourth-order valence-electron chi connectivity index (χ4n) is 5.00.